The van der Waals surface area contributed by atoms with Crippen LogP contribution in [0.2, 0.25) is 0 Å². The summed E-state index contributed by atoms with van der Waals surface area (Å²) in [6, 6.07) is 0.748. The molecule has 1 saturated heterocycles. The Morgan fingerprint density at radius 3 is 2.47 bits per heavy atom. The van der Waals surface area contributed by atoms with Gasteiger partial charge in [-0.2, -0.15) is 0 Å². The molecule has 0 amide bonds. The Morgan fingerprint density at radius 2 is 2.00 bits per heavy atom. The van der Waals surface area contributed by atoms with Crippen LogP contribution < -0.4 is 5.32 Å². The molecule has 1 aromatic rings. The van der Waals surface area contributed by atoms with E-state index in [4.69, 9.17) is 4.98 Å². The fraction of sp³-hybridized carbons (Fsp3) is 0.800. The van der Waals surface area contributed by atoms with Crippen molar-refractivity contribution in [3.8, 4) is 0 Å². The fourth-order valence-corrected chi connectivity index (χ4v) is 4.09. The molecule has 4 heteroatoms. The summed E-state index contributed by atoms with van der Waals surface area (Å²) in [5, 5.41) is 5.27. The number of nitrogens with one attached hydrogen (secondary N) is 1. The lowest BCUT2D eigenvalue weighted by molar-refractivity contribution is 0.137. The van der Waals surface area contributed by atoms with E-state index in [9.17, 15) is 0 Å². The van der Waals surface area contributed by atoms with Crippen LogP contribution in [0, 0.1) is 13.8 Å². The molecule has 0 aromatic carbocycles. The van der Waals surface area contributed by atoms with Crippen molar-refractivity contribution < 1.29 is 0 Å². The van der Waals surface area contributed by atoms with Gasteiger partial charge in [0.2, 0.25) is 0 Å². The van der Waals surface area contributed by atoms with Crippen molar-refractivity contribution in [3.05, 3.63) is 15.6 Å². The zero-order valence-electron chi connectivity index (χ0n) is 12.3. The normalized spacial score (nSPS) is 23.7. The highest BCUT2D eigenvalue weighted by atomic mass is 32.1. The van der Waals surface area contributed by atoms with Gasteiger partial charge >= 0.3 is 0 Å². The molecule has 106 valence electrons. The number of aryl methyl sites for hydroxylation is 2. The Kier molecular flexibility index (Phi) is 3.67. The van der Waals surface area contributed by atoms with Gasteiger partial charge in [0.25, 0.3) is 0 Å². The molecule has 0 unspecified atom stereocenters. The molecule has 1 saturated carbocycles. The summed E-state index contributed by atoms with van der Waals surface area (Å²) in [6.07, 6.45) is 5.12. The molecule has 0 radical (unpaired) electrons. The van der Waals surface area contributed by atoms with Crippen molar-refractivity contribution >= 4 is 11.3 Å². The molecular weight excluding hydrogens is 254 g/mol. The van der Waals surface area contributed by atoms with Crippen molar-refractivity contribution in [3.63, 3.8) is 0 Å². The number of aromatic nitrogens is 1. The third-order valence-corrected chi connectivity index (χ3v) is 5.93. The Morgan fingerprint density at radius 1 is 1.32 bits per heavy atom. The fourth-order valence-electron chi connectivity index (χ4n) is 2.97. The maximum absolute atomic E-state index is 4.88. The number of nitrogens with zero attached hydrogens (tertiary/aromatic N) is 2. The molecule has 1 aliphatic carbocycles. The van der Waals surface area contributed by atoms with Crippen molar-refractivity contribution in [2.24, 2.45) is 0 Å². The number of rotatable bonds is 4. The largest absolute Gasteiger partial charge is 0.303 e. The van der Waals surface area contributed by atoms with Gasteiger partial charge in [0, 0.05) is 24.0 Å². The van der Waals surface area contributed by atoms with Crippen LogP contribution in [-0.4, -0.2) is 35.6 Å². The Labute approximate surface area is 120 Å². The average Bonchev–Trinajstić information content (AvgIpc) is 3.16. The number of hydrogen-bond acceptors (Lipinski definition) is 4. The van der Waals surface area contributed by atoms with Crippen LogP contribution in [0.15, 0.2) is 0 Å². The molecule has 3 nitrogen and oxygen atoms in total. The third kappa shape index (κ3) is 2.71. The summed E-state index contributed by atoms with van der Waals surface area (Å²) < 4.78 is 0. The molecule has 2 heterocycles. The molecule has 1 N–H and O–H groups in total. The Balaban J connectivity index is 1.84. The van der Waals surface area contributed by atoms with E-state index in [0.717, 1.165) is 6.04 Å². The minimum absolute atomic E-state index is 0.163. The van der Waals surface area contributed by atoms with E-state index in [0.29, 0.717) is 0 Å². The number of piperidine rings is 1. The van der Waals surface area contributed by atoms with E-state index in [1.807, 2.05) is 11.3 Å². The smallest absolute Gasteiger partial charge is 0.113 e. The summed E-state index contributed by atoms with van der Waals surface area (Å²) in [5.74, 6) is 0. The zero-order chi connectivity index (χ0) is 13.5. The van der Waals surface area contributed by atoms with Crippen LogP contribution in [-0.2, 0) is 5.54 Å². The van der Waals surface area contributed by atoms with E-state index in [1.54, 1.807) is 0 Å². The predicted molar refractivity (Wildman–Crippen MR) is 80.8 cm³/mol. The van der Waals surface area contributed by atoms with Gasteiger partial charge < -0.3 is 10.2 Å². The van der Waals surface area contributed by atoms with E-state index < -0.39 is 0 Å². The average molecular weight is 279 g/mol. The van der Waals surface area contributed by atoms with Gasteiger partial charge in [0.15, 0.2) is 0 Å². The van der Waals surface area contributed by atoms with Crippen LogP contribution in [0.4, 0.5) is 0 Å². The van der Waals surface area contributed by atoms with E-state index >= 15 is 0 Å². The van der Waals surface area contributed by atoms with Crippen molar-refractivity contribution in [1.29, 1.82) is 0 Å². The highest BCUT2D eigenvalue weighted by Crippen LogP contribution is 2.39. The van der Waals surface area contributed by atoms with E-state index in [1.165, 1.54) is 60.9 Å². The maximum Gasteiger partial charge on any atom is 0.113 e. The lowest BCUT2D eigenvalue weighted by atomic mass is 9.87. The lowest BCUT2D eigenvalue weighted by Gasteiger charge is -2.41. The first-order valence-corrected chi connectivity index (χ1v) is 8.39. The molecule has 3 rings (SSSR count). The Bertz CT molecular complexity index is 423. The number of thiazole rings is 1. The van der Waals surface area contributed by atoms with Gasteiger partial charge in [-0.15, -0.1) is 11.3 Å². The van der Waals surface area contributed by atoms with E-state index in [2.05, 4.69) is 31.0 Å². The zero-order valence-corrected chi connectivity index (χ0v) is 13.1. The monoisotopic (exact) mass is 279 g/mol. The minimum Gasteiger partial charge on any atom is -0.303 e. The van der Waals surface area contributed by atoms with Gasteiger partial charge in [0.05, 0.1) is 11.2 Å². The second-order valence-electron chi connectivity index (χ2n) is 6.10. The second kappa shape index (κ2) is 5.15. The van der Waals surface area contributed by atoms with Crippen LogP contribution in [0.5, 0.6) is 0 Å². The van der Waals surface area contributed by atoms with Gasteiger partial charge in [-0.1, -0.05) is 6.92 Å². The van der Waals surface area contributed by atoms with Gasteiger partial charge in [-0.05, 0) is 46.1 Å². The quantitative estimate of drug-likeness (QED) is 0.918. The summed E-state index contributed by atoms with van der Waals surface area (Å²) in [7, 11) is 0. The first-order valence-electron chi connectivity index (χ1n) is 7.57. The number of hydrogen-bond donors (Lipinski definition) is 1. The standard InChI is InChI=1S/C15H25N3S/c1-4-18-9-7-15(8-10-18,17-13-5-6-13)14-16-11(2)12(3)19-14/h13,17H,4-10H2,1-3H3. The highest BCUT2D eigenvalue weighted by Gasteiger charge is 2.42. The first-order chi connectivity index (χ1) is 9.13. The SMILES string of the molecule is CCN1CCC(NC2CC2)(c2nc(C)c(C)s2)CC1. The highest BCUT2D eigenvalue weighted by molar-refractivity contribution is 7.11. The van der Waals surface area contributed by atoms with Crippen molar-refractivity contribution in [2.45, 2.75) is 58.0 Å². The van der Waals surface area contributed by atoms with Crippen LogP contribution in [0.25, 0.3) is 0 Å². The minimum atomic E-state index is 0.163. The van der Waals surface area contributed by atoms with Crippen LogP contribution in [0.1, 0.15) is 48.2 Å². The van der Waals surface area contributed by atoms with Gasteiger partial charge in [-0.25, -0.2) is 4.98 Å². The van der Waals surface area contributed by atoms with Crippen LogP contribution >= 0.6 is 11.3 Å². The topological polar surface area (TPSA) is 28.2 Å². The van der Waals surface area contributed by atoms with Gasteiger partial charge in [-0.3, -0.25) is 0 Å². The van der Waals surface area contributed by atoms with Gasteiger partial charge in [0.1, 0.15) is 5.01 Å². The molecule has 2 fully saturated rings. The summed E-state index contributed by atoms with van der Waals surface area (Å²) in [4.78, 5) is 8.81. The Hall–Kier alpha value is -0.450. The summed E-state index contributed by atoms with van der Waals surface area (Å²) >= 11 is 1.91. The van der Waals surface area contributed by atoms with Crippen molar-refractivity contribution in [1.82, 2.24) is 15.2 Å². The molecule has 0 spiro atoms. The third-order valence-electron chi connectivity index (χ3n) is 4.65. The number of likely N-dealkylation sites (tertiary alicyclic amines) is 1. The molecule has 1 aliphatic heterocycles. The lowest BCUT2D eigenvalue weighted by Crippen LogP contribution is -2.51. The molecule has 0 bridgehead atoms. The summed E-state index contributed by atoms with van der Waals surface area (Å²) in [6.45, 7) is 10.2. The molecule has 19 heavy (non-hydrogen) atoms. The molecule has 2 aliphatic rings. The predicted octanol–water partition coefficient (Wildman–Crippen LogP) is 2.82. The maximum atomic E-state index is 4.88. The molecule has 1 aromatic heterocycles. The second-order valence-corrected chi connectivity index (χ2v) is 7.30. The molecular formula is C15H25N3S. The first kappa shape index (κ1) is 13.5. The summed E-state index contributed by atoms with van der Waals surface area (Å²) in [5.41, 5.74) is 1.38. The van der Waals surface area contributed by atoms with Crippen molar-refractivity contribution in [2.75, 3.05) is 19.6 Å². The molecule has 0 atom stereocenters. The van der Waals surface area contributed by atoms with E-state index in [-0.39, 0.29) is 5.54 Å². The van der Waals surface area contributed by atoms with Crippen LogP contribution in [0.3, 0.4) is 0 Å².